The zero-order valence-electron chi connectivity index (χ0n) is 10.4. The SMILES string of the molecule is O=C(O)c1ccc(Br)cc1OCc1noc(C2CC2)n1. The van der Waals surface area contributed by atoms with E-state index < -0.39 is 5.97 Å². The van der Waals surface area contributed by atoms with Crippen LogP contribution in [-0.4, -0.2) is 21.2 Å². The first-order valence-electron chi connectivity index (χ1n) is 6.11. The number of rotatable bonds is 5. The van der Waals surface area contributed by atoms with Crippen molar-refractivity contribution in [3.63, 3.8) is 0 Å². The van der Waals surface area contributed by atoms with Crippen molar-refractivity contribution in [2.24, 2.45) is 0 Å². The van der Waals surface area contributed by atoms with Gasteiger partial charge >= 0.3 is 5.97 Å². The van der Waals surface area contributed by atoms with Gasteiger partial charge in [0.25, 0.3) is 0 Å². The van der Waals surface area contributed by atoms with Crippen LogP contribution >= 0.6 is 15.9 Å². The quantitative estimate of drug-likeness (QED) is 0.901. The molecule has 0 saturated heterocycles. The first-order chi connectivity index (χ1) is 9.63. The first-order valence-corrected chi connectivity index (χ1v) is 6.91. The molecule has 1 fully saturated rings. The minimum atomic E-state index is -1.04. The van der Waals surface area contributed by atoms with Crippen LogP contribution in [0.1, 0.15) is 40.8 Å². The summed E-state index contributed by atoms with van der Waals surface area (Å²) in [5, 5.41) is 12.9. The smallest absolute Gasteiger partial charge is 0.339 e. The van der Waals surface area contributed by atoms with Crippen LogP contribution in [0.25, 0.3) is 0 Å². The molecule has 0 atom stereocenters. The average molecular weight is 339 g/mol. The molecule has 1 N–H and O–H groups in total. The molecule has 0 bridgehead atoms. The molecule has 6 nitrogen and oxygen atoms in total. The maximum atomic E-state index is 11.1. The van der Waals surface area contributed by atoms with E-state index in [1.165, 1.54) is 6.07 Å². The molecule has 0 aliphatic heterocycles. The van der Waals surface area contributed by atoms with Crippen LogP contribution in [0.3, 0.4) is 0 Å². The van der Waals surface area contributed by atoms with Gasteiger partial charge in [0.2, 0.25) is 11.7 Å². The van der Waals surface area contributed by atoms with Crippen molar-refractivity contribution in [3.05, 3.63) is 40.0 Å². The van der Waals surface area contributed by atoms with Crippen molar-refractivity contribution >= 4 is 21.9 Å². The second-order valence-electron chi connectivity index (χ2n) is 4.56. The molecule has 0 spiro atoms. The van der Waals surface area contributed by atoms with E-state index in [-0.39, 0.29) is 17.9 Å². The maximum absolute atomic E-state index is 11.1. The molecule has 7 heteroatoms. The van der Waals surface area contributed by atoms with Gasteiger partial charge in [0, 0.05) is 10.4 Å². The molecule has 1 aliphatic carbocycles. The summed E-state index contributed by atoms with van der Waals surface area (Å²) in [5.74, 6) is 0.667. The number of carboxylic acids is 1. The highest BCUT2D eigenvalue weighted by atomic mass is 79.9. The lowest BCUT2D eigenvalue weighted by atomic mass is 10.2. The van der Waals surface area contributed by atoms with Crippen LogP contribution < -0.4 is 4.74 Å². The lowest BCUT2D eigenvalue weighted by molar-refractivity contribution is 0.0691. The molecule has 104 valence electrons. The average Bonchev–Trinajstić information content (AvgIpc) is 3.15. The van der Waals surface area contributed by atoms with Gasteiger partial charge < -0.3 is 14.4 Å². The Balaban J connectivity index is 1.73. The fourth-order valence-corrected chi connectivity index (χ4v) is 2.10. The van der Waals surface area contributed by atoms with E-state index >= 15 is 0 Å². The summed E-state index contributed by atoms with van der Waals surface area (Å²) in [5.41, 5.74) is 0.0964. The molecule has 20 heavy (non-hydrogen) atoms. The summed E-state index contributed by atoms with van der Waals surface area (Å²) >= 11 is 3.28. The molecule has 2 aromatic rings. The first kappa shape index (κ1) is 13.1. The van der Waals surface area contributed by atoms with Crippen molar-refractivity contribution in [3.8, 4) is 5.75 Å². The van der Waals surface area contributed by atoms with E-state index in [0.29, 0.717) is 17.6 Å². The minimum Gasteiger partial charge on any atom is -0.485 e. The van der Waals surface area contributed by atoms with Crippen molar-refractivity contribution in [1.82, 2.24) is 10.1 Å². The molecule has 1 heterocycles. The molecule has 1 saturated carbocycles. The summed E-state index contributed by atoms with van der Waals surface area (Å²) in [7, 11) is 0. The number of aromatic carboxylic acids is 1. The fourth-order valence-electron chi connectivity index (χ4n) is 1.76. The third-order valence-electron chi connectivity index (χ3n) is 2.94. The molecule has 3 rings (SSSR count). The largest absolute Gasteiger partial charge is 0.485 e. The molecule has 1 aromatic heterocycles. The monoisotopic (exact) mass is 338 g/mol. The third kappa shape index (κ3) is 2.82. The van der Waals surface area contributed by atoms with Crippen molar-refractivity contribution in [2.45, 2.75) is 25.4 Å². The molecular weight excluding hydrogens is 328 g/mol. The number of hydrogen-bond acceptors (Lipinski definition) is 5. The van der Waals surface area contributed by atoms with Crippen LogP contribution in [0.4, 0.5) is 0 Å². The Morgan fingerprint density at radius 3 is 3.00 bits per heavy atom. The van der Waals surface area contributed by atoms with E-state index in [1.807, 2.05) is 0 Å². The van der Waals surface area contributed by atoms with E-state index in [1.54, 1.807) is 12.1 Å². The second-order valence-corrected chi connectivity index (χ2v) is 5.47. The Morgan fingerprint density at radius 1 is 1.50 bits per heavy atom. The Bertz CT molecular complexity index is 652. The number of benzene rings is 1. The molecule has 0 amide bonds. The van der Waals surface area contributed by atoms with Crippen LogP contribution in [0.5, 0.6) is 5.75 Å². The maximum Gasteiger partial charge on any atom is 0.339 e. The van der Waals surface area contributed by atoms with E-state index in [9.17, 15) is 4.79 Å². The molecule has 1 aromatic carbocycles. The molecular formula is C13H11BrN2O4. The van der Waals surface area contributed by atoms with Gasteiger partial charge in [-0.25, -0.2) is 4.79 Å². The predicted octanol–water partition coefficient (Wildman–Crippen LogP) is 2.99. The van der Waals surface area contributed by atoms with Gasteiger partial charge in [-0.2, -0.15) is 4.98 Å². The Kier molecular flexibility index (Phi) is 3.43. The minimum absolute atomic E-state index is 0.0763. The van der Waals surface area contributed by atoms with Crippen molar-refractivity contribution < 1.29 is 19.2 Å². The number of carbonyl (C=O) groups is 1. The zero-order valence-corrected chi connectivity index (χ0v) is 12.0. The zero-order chi connectivity index (χ0) is 14.1. The van der Waals surface area contributed by atoms with Gasteiger partial charge in [0.1, 0.15) is 11.3 Å². The van der Waals surface area contributed by atoms with E-state index in [2.05, 4.69) is 26.1 Å². The fraction of sp³-hybridized carbons (Fsp3) is 0.308. The third-order valence-corrected chi connectivity index (χ3v) is 3.43. The summed E-state index contributed by atoms with van der Waals surface area (Å²) in [6.45, 7) is 0.0763. The van der Waals surface area contributed by atoms with Crippen molar-refractivity contribution in [2.75, 3.05) is 0 Å². The number of hydrogen-bond donors (Lipinski definition) is 1. The van der Waals surface area contributed by atoms with Gasteiger partial charge in [-0.3, -0.25) is 0 Å². The molecule has 0 unspecified atom stereocenters. The Morgan fingerprint density at radius 2 is 2.30 bits per heavy atom. The topological polar surface area (TPSA) is 85.5 Å². The number of aromatic nitrogens is 2. The number of halogens is 1. The lowest BCUT2D eigenvalue weighted by Crippen LogP contribution is -2.04. The van der Waals surface area contributed by atoms with Gasteiger partial charge in [-0.1, -0.05) is 21.1 Å². The lowest BCUT2D eigenvalue weighted by Gasteiger charge is -2.07. The van der Waals surface area contributed by atoms with Gasteiger partial charge in [0.15, 0.2) is 6.61 Å². The van der Waals surface area contributed by atoms with Gasteiger partial charge in [0.05, 0.1) is 0 Å². The predicted molar refractivity (Wildman–Crippen MR) is 71.7 cm³/mol. The van der Waals surface area contributed by atoms with E-state index in [4.69, 9.17) is 14.4 Å². The normalized spacial score (nSPS) is 14.2. The second kappa shape index (κ2) is 5.24. The van der Waals surface area contributed by atoms with Gasteiger partial charge in [-0.05, 0) is 31.0 Å². The van der Waals surface area contributed by atoms with E-state index in [0.717, 1.165) is 17.3 Å². The van der Waals surface area contributed by atoms with Crippen LogP contribution in [0.2, 0.25) is 0 Å². The molecule has 0 radical (unpaired) electrons. The highest BCUT2D eigenvalue weighted by Crippen LogP contribution is 2.38. The van der Waals surface area contributed by atoms with Crippen LogP contribution in [-0.2, 0) is 6.61 Å². The highest BCUT2D eigenvalue weighted by molar-refractivity contribution is 9.10. The Hall–Kier alpha value is -1.89. The summed E-state index contributed by atoms with van der Waals surface area (Å²) in [4.78, 5) is 15.3. The standard InChI is InChI=1S/C13H11BrN2O4/c14-8-3-4-9(13(17)18)10(5-8)19-6-11-15-12(20-16-11)7-1-2-7/h3-5,7H,1-2,6H2,(H,17,18). The summed E-state index contributed by atoms with van der Waals surface area (Å²) in [6.07, 6.45) is 2.16. The number of ether oxygens (including phenoxy) is 1. The highest BCUT2D eigenvalue weighted by Gasteiger charge is 2.29. The number of nitrogens with zero attached hydrogens (tertiary/aromatic N) is 2. The van der Waals surface area contributed by atoms with Crippen LogP contribution in [0.15, 0.2) is 27.2 Å². The summed E-state index contributed by atoms with van der Waals surface area (Å²) < 4.78 is 11.3. The van der Waals surface area contributed by atoms with Crippen molar-refractivity contribution in [1.29, 1.82) is 0 Å². The van der Waals surface area contributed by atoms with Crippen LogP contribution in [0, 0.1) is 0 Å². The van der Waals surface area contributed by atoms with Gasteiger partial charge in [-0.15, -0.1) is 0 Å². The number of carboxylic acid groups (broad SMARTS) is 1. The Labute approximate surface area is 122 Å². The summed E-state index contributed by atoms with van der Waals surface area (Å²) in [6, 6.07) is 4.73. The molecule has 1 aliphatic rings.